The molecule has 0 spiro atoms. The lowest BCUT2D eigenvalue weighted by molar-refractivity contribution is -0.148. The minimum Gasteiger partial charge on any atom is -0.465 e. The molecule has 1 N–H and O–H groups in total. The van der Waals surface area contributed by atoms with Gasteiger partial charge in [0, 0.05) is 12.0 Å². The van der Waals surface area contributed by atoms with Crippen LogP contribution in [0, 0.1) is 0 Å². The molecule has 0 radical (unpaired) electrons. The van der Waals surface area contributed by atoms with Gasteiger partial charge in [0.25, 0.3) is 0 Å². The average molecular weight is 312 g/mol. The zero-order chi connectivity index (χ0) is 15.5. The Labute approximate surface area is 130 Å². The fourth-order valence-electron chi connectivity index (χ4n) is 2.33. The second-order valence-corrected chi connectivity index (χ2v) is 6.73. The number of hydrogen-bond donors (Lipinski definition) is 1. The number of anilines is 1. The summed E-state index contributed by atoms with van der Waals surface area (Å²) < 4.78 is 10.8. The van der Waals surface area contributed by atoms with Crippen LogP contribution in [0.25, 0.3) is 0 Å². The molecule has 2 atom stereocenters. The van der Waals surface area contributed by atoms with Crippen LogP contribution in [0.15, 0.2) is 5.38 Å². The molecule has 21 heavy (non-hydrogen) atoms. The van der Waals surface area contributed by atoms with Crippen LogP contribution in [-0.2, 0) is 19.7 Å². The fraction of sp³-hybridized carbons (Fsp3) is 0.733. The van der Waals surface area contributed by atoms with E-state index in [0.717, 1.165) is 30.3 Å². The first-order valence-electron chi connectivity index (χ1n) is 7.46. The van der Waals surface area contributed by atoms with E-state index in [4.69, 9.17) is 9.47 Å². The highest BCUT2D eigenvalue weighted by atomic mass is 32.1. The highest BCUT2D eigenvalue weighted by molar-refractivity contribution is 7.13. The predicted octanol–water partition coefficient (Wildman–Crippen LogP) is 2.96. The van der Waals surface area contributed by atoms with E-state index < -0.39 is 5.41 Å². The van der Waals surface area contributed by atoms with Crippen molar-refractivity contribution < 1.29 is 14.3 Å². The van der Waals surface area contributed by atoms with Gasteiger partial charge in [-0.3, -0.25) is 4.79 Å². The summed E-state index contributed by atoms with van der Waals surface area (Å²) in [7, 11) is 0. The van der Waals surface area contributed by atoms with Crippen molar-refractivity contribution in [3.05, 3.63) is 11.1 Å². The van der Waals surface area contributed by atoms with E-state index in [2.05, 4.69) is 17.2 Å². The number of nitrogens with one attached hydrogen (secondary N) is 1. The molecule has 2 rings (SSSR count). The maximum Gasteiger partial charge on any atom is 0.317 e. The van der Waals surface area contributed by atoms with E-state index >= 15 is 0 Å². The zero-order valence-corrected chi connectivity index (χ0v) is 14.0. The number of thiazole rings is 1. The average Bonchev–Trinajstić information content (AvgIpc) is 3.10. The van der Waals surface area contributed by atoms with E-state index in [1.54, 1.807) is 0 Å². The second kappa shape index (κ2) is 6.75. The van der Waals surface area contributed by atoms with E-state index in [0.29, 0.717) is 6.61 Å². The van der Waals surface area contributed by atoms with Crippen LogP contribution in [0.1, 0.15) is 46.2 Å². The van der Waals surface area contributed by atoms with Gasteiger partial charge in [-0.15, -0.1) is 11.3 Å². The molecular weight excluding hydrogens is 288 g/mol. The van der Waals surface area contributed by atoms with Gasteiger partial charge in [-0.05, 0) is 40.5 Å². The Kier molecular flexibility index (Phi) is 5.22. The normalized spacial score (nSPS) is 20.3. The van der Waals surface area contributed by atoms with Gasteiger partial charge in [0.2, 0.25) is 0 Å². The van der Waals surface area contributed by atoms with E-state index in [-0.39, 0.29) is 18.1 Å². The van der Waals surface area contributed by atoms with Crippen LogP contribution in [0.4, 0.5) is 5.13 Å². The number of carbonyl (C=O) groups is 1. The van der Waals surface area contributed by atoms with Gasteiger partial charge in [-0.1, -0.05) is 0 Å². The number of rotatable bonds is 6. The SMILES string of the molecule is CCOC(=O)C(C)(C)c1csc(NC(C)C2CCCO2)n1. The van der Waals surface area contributed by atoms with Crippen molar-refractivity contribution in [3.63, 3.8) is 0 Å². The largest absolute Gasteiger partial charge is 0.465 e. The maximum atomic E-state index is 12.0. The Balaban J connectivity index is 2.01. The van der Waals surface area contributed by atoms with E-state index in [9.17, 15) is 4.79 Å². The van der Waals surface area contributed by atoms with Crippen molar-refractivity contribution >= 4 is 22.4 Å². The molecule has 1 aromatic rings. The third-order valence-corrected chi connectivity index (χ3v) is 4.58. The third-order valence-electron chi connectivity index (χ3n) is 3.80. The molecule has 1 fully saturated rings. The lowest BCUT2D eigenvalue weighted by atomic mass is 9.90. The fourth-order valence-corrected chi connectivity index (χ4v) is 3.30. The van der Waals surface area contributed by atoms with Gasteiger partial charge in [0.15, 0.2) is 5.13 Å². The first kappa shape index (κ1) is 16.2. The van der Waals surface area contributed by atoms with Crippen molar-refractivity contribution in [2.45, 2.75) is 58.1 Å². The molecule has 2 heterocycles. The molecule has 0 aromatic carbocycles. The summed E-state index contributed by atoms with van der Waals surface area (Å²) in [5, 5.41) is 6.12. The smallest absolute Gasteiger partial charge is 0.317 e. The summed E-state index contributed by atoms with van der Waals surface area (Å²) >= 11 is 1.51. The van der Waals surface area contributed by atoms with Gasteiger partial charge >= 0.3 is 5.97 Å². The van der Waals surface area contributed by atoms with E-state index in [1.807, 2.05) is 26.2 Å². The molecule has 0 aliphatic carbocycles. The highest BCUT2D eigenvalue weighted by Gasteiger charge is 2.34. The van der Waals surface area contributed by atoms with Crippen LogP contribution in [0.5, 0.6) is 0 Å². The molecule has 0 saturated carbocycles. The quantitative estimate of drug-likeness (QED) is 0.818. The van der Waals surface area contributed by atoms with Crippen molar-refractivity contribution in [2.24, 2.45) is 0 Å². The summed E-state index contributed by atoms with van der Waals surface area (Å²) in [6, 6.07) is 0.220. The molecule has 0 amide bonds. The van der Waals surface area contributed by atoms with Gasteiger partial charge in [0.1, 0.15) is 5.41 Å². The molecular formula is C15H24N2O3S. The number of ether oxygens (including phenoxy) is 2. The van der Waals surface area contributed by atoms with Crippen molar-refractivity contribution in [3.8, 4) is 0 Å². The van der Waals surface area contributed by atoms with Crippen LogP contribution < -0.4 is 5.32 Å². The summed E-state index contributed by atoms with van der Waals surface area (Å²) in [6.07, 6.45) is 2.45. The Bertz CT molecular complexity index is 481. The summed E-state index contributed by atoms with van der Waals surface area (Å²) in [5.41, 5.74) is 0.0208. The van der Waals surface area contributed by atoms with Gasteiger partial charge in [0.05, 0.1) is 24.4 Å². The third kappa shape index (κ3) is 3.74. The van der Waals surface area contributed by atoms with Gasteiger partial charge in [-0.2, -0.15) is 0 Å². The van der Waals surface area contributed by atoms with Gasteiger partial charge < -0.3 is 14.8 Å². The zero-order valence-electron chi connectivity index (χ0n) is 13.1. The molecule has 1 saturated heterocycles. The number of aromatic nitrogens is 1. The lowest BCUT2D eigenvalue weighted by Gasteiger charge is -2.21. The highest BCUT2D eigenvalue weighted by Crippen LogP contribution is 2.29. The Morgan fingerprint density at radius 1 is 1.67 bits per heavy atom. The molecule has 118 valence electrons. The minimum absolute atomic E-state index is 0.220. The summed E-state index contributed by atoms with van der Waals surface area (Å²) in [5.74, 6) is -0.242. The molecule has 1 aromatic heterocycles. The second-order valence-electron chi connectivity index (χ2n) is 5.87. The minimum atomic E-state index is -0.723. The first-order valence-corrected chi connectivity index (χ1v) is 8.34. The maximum absolute atomic E-state index is 12.0. The standard InChI is InChI=1S/C15H24N2O3S/c1-5-19-13(18)15(3,4)12-9-21-14(17-12)16-10(2)11-7-6-8-20-11/h9-11H,5-8H2,1-4H3,(H,16,17). The molecule has 6 heteroatoms. The van der Waals surface area contributed by atoms with Crippen LogP contribution in [-0.4, -0.2) is 36.3 Å². The number of hydrogen-bond acceptors (Lipinski definition) is 6. The van der Waals surface area contributed by atoms with Crippen LogP contribution >= 0.6 is 11.3 Å². The van der Waals surface area contributed by atoms with E-state index in [1.165, 1.54) is 11.3 Å². The monoisotopic (exact) mass is 312 g/mol. The molecule has 1 aliphatic rings. The molecule has 1 aliphatic heterocycles. The lowest BCUT2D eigenvalue weighted by Crippen LogP contribution is -2.32. The predicted molar refractivity (Wildman–Crippen MR) is 83.8 cm³/mol. The Morgan fingerprint density at radius 3 is 3.05 bits per heavy atom. The molecule has 0 bridgehead atoms. The molecule has 5 nitrogen and oxygen atoms in total. The van der Waals surface area contributed by atoms with Crippen LogP contribution in [0.2, 0.25) is 0 Å². The van der Waals surface area contributed by atoms with Crippen molar-refractivity contribution in [1.82, 2.24) is 4.98 Å². The first-order chi connectivity index (χ1) is 9.95. The Morgan fingerprint density at radius 2 is 2.43 bits per heavy atom. The van der Waals surface area contributed by atoms with Crippen molar-refractivity contribution in [1.29, 1.82) is 0 Å². The van der Waals surface area contributed by atoms with Crippen molar-refractivity contribution in [2.75, 3.05) is 18.5 Å². The summed E-state index contributed by atoms with van der Waals surface area (Å²) in [4.78, 5) is 16.6. The molecule has 2 unspecified atom stereocenters. The van der Waals surface area contributed by atoms with Gasteiger partial charge in [-0.25, -0.2) is 4.98 Å². The number of carbonyl (C=O) groups excluding carboxylic acids is 1. The topological polar surface area (TPSA) is 60.5 Å². The number of nitrogens with zero attached hydrogens (tertiary/aromatic N) is 1. The number of esters is 1. The Hall–Kier alpha value is -1.14. The summed E-state index contributed by atoms with van der Waals surface area (Å²) in [6.45, 7) is 8.82. The van der Waals surface area contributed by atoms with Crippen LogP contribution in [0.3, 0.4) is 0 Å².